The number of aromatic nitrogens is 2. The fourth-order valence-corrected chi connectivity index (χ4v) is 11.6. The molecule has 63 heavy (non-hydrogen) atoms. The van der Waals surface area contributed by atoms with Crippen LogP contribution >= 0.6 is 0 Å². The van der Waals surface area contributed by atoms with Crippen LogP contribution < -0.4 is 5.19 Å². The number of benzene rings is 5. The van der Waals surface area contributed by atoms with Gasteiger partial charge in [0, 0.05) is 32.5 Å². The maximum Gasteiger partial charge on any atom is 0.123 e. The van der Waals surface area contributed by atoms with E-state index in [1.165, 1.54) is 92.9 Å². The minimum atomic E-state index is -1.36. The van der Waals surface area contributed by atoms with Crippen LogP contribution in [0.4, 0.5) is 0 Å². The van der Waals surface area contributed by atoms with E-state index in [2.05, 4.69) is 141 Å². The van der Waals surface area contributed by atoms with E-state index in [-0.39, 0.29) is 20.1 Å². The predicted molar refractivity (Wildman–Crippen MR) is 263 cm³/mol. The van der Waals surface area contributed by atoms with Crippen molar-refractivity contribution in [3.63, 3.8) is 0 Å². The first-order valence-corrected chi connectivity index (χ1v) is 26.8. The van der Waals surface area contributed by atoms with Gasteiger partial charge in [0.15, 0.2) is 0 Å². The Balaban J connectivity index is 0.000000194. The molecule has 3 heterocycles. The Morgan fingerprint density at radius 2 is 1.29 bits per heavy atom. The second-order valence-corrected chi connectivity index (χ2v) is 24.0. The minimum Gasteiger partial charge on any atom is -0.477 e. The molecule has 8 aromatic rings. The molecule has 2 fully saturated rings. The molecule has 5 heteroatoms. The summed E-state index contributed by atoms with van der Waals surface area (Å²) < 4.78 is 6.35. The standard InChI is InChI=1S/C37H32NO.C21H28NSi.Ir/c1-3-9-26(10-4-1)21-28-15-17-30(18-16-28)33-24-31(25-36-37(33)32-13-7-8-14-35(32)39-36)34-23-29(19-20-38-34)22-27-11-5-2-6-12-27;1-23(2,3)21-16-22-20(18-12-8-5-9-13-18)15-19(21)14-17-10-6-4-7-11-17;/h1,3-4,7-10,13-20,23-24,27H,2,5-6,11-12,21-22H2;5,8-9,12,15-17H,4,6-7,10-11,14H2,1-3H3;/q2*-1;. The Kier molecular flexibility index (Phi) is 14.7. The third kappa shape index (κ3) is 11.1. The molecule has 0 aliphatic heterocycles. The van der Waals surface area contributed by atoms with Crippen LogP contribution in [-0.2, 0) is 39.4 Å². The number of hydrogen-bond donors (Lipinski definition) is 0. The van der Waals surface area contributed by atoms with Gasteiger partial charge in [0.2, 0.25) is 0 Å². The number of para-hydroxylation sites is 1. The number of fused-ring (bicyclic) bond motifs is 3. The molecule has 0 N–H and O–H groups in total. The van der Waals surface area contributed by atoms with E-state index in [1.807, 2.05) is 30.5 Å². The van der Waals surface area contributed by atoms with Crippen molar-refractivity contribution >= 4 is 35.2 Å². The van der Waals surface area contributed by atoms with Crippen LogP contribution in [0.5, 0.6) is 0 Å². The summed E-state index contributed by atoms with van der Waals surface area (Å²) in [6.07, 6.45) is 21.3. The van der Waals surface area contributed by atoms with E-state index >= 15 is 0 Å². The number of nitrogens with zero attached hydrogens (tertiary/aromatic N) is 2. The molecule has 0 saturated heterocycles. The summed E-state index contributed by atoms with van der Waals surface area (Å²) >= 11 is 0. The van der Waals surface area contributed by atoms with Crippen LogP contribution in [0.25, 0.3) is 55.6 Å². The van der Waals surface area contributed by atoms with Gasteiger partial charge in [-0.25, -0.2) is 0 Å². The van der Waals surface area contributed by atoms with Crippen molar-refractivity contribution in [2.75, 3.05) is 0 Å². The molecule has 3 aromatic heterocycles. The fourth-order valence-electron chi connectivity index (χ4n) is 9.99. The maximum absolute atomic E-state index is 6.35. The second-order valence-electron chi connectivity index (χ2n) is 19.0. The predicted octanol–water partition coefficient (Wildman–Crippen LogP) is 15.0. The van der Waals surface area contributed by atoms with Gasteiger partial charge in [-0.3, -0.25) is 0 Å². The van der Waals surface area contributed by atoms with E-state index < -0.39 is 8.07 Å². The molecule has 10 rings (SSSR count). The Bertz CT molecular complexity index is 2710. The minimum absolute atomic E-state index is 0. The molecule has 3 nitrogen and oxygen atoms in total. The Morgan fingerprint density at radius 1 is 0.619 bits per heavy atom. The molecule has 1 radical (unpaired) electrons. The number of rotatable bonds is 10. The number of pyridine rings is 2. The van der Waals surface area contributed by atoms with Gasteiger partial charge in [0.05, 0.1) is 13.7 Å². The molecule has 2 aliphatic carbocycles. The van der Waals surface area contributed by atoms with Gasteiger partial charge < -0.3 is 14.4 Å². The quantitative estimate of drug-likeness (QED) is 0.101. The molecule has 2 aliphatic rings. The van der Waals surface area contributed by atoms with E-state index in [0.717, 1.165) is 74.7 Å². The van der Waals surface area contributed by atoms with Crippen LogP contribution in [0.1, 0.15) is 86.5 Å². The summed E-state index contributed by atoms with van der Waals surface area (Å²) in [4.78, 5) is 9.56. The molecule has 0 bridgehead atoms. The van der Waals surface area contributed by atoms with Crippen LogP contribution in [0.3, 0.4) is 0 Å². The van der Waals surface area contributed by atoms with Crippen molar-refractivity contribution in [3.05, 3.63) is 174 Å². The molecule has 0 amide bonds. The number of hydrogen-bond acceptors (Lipinski definition) is 3. The van der Waals surface area contributed by atoms with Crippen molar-refractivity contribution in [2.45, 2.75) is 103 Å². The van der Waals surface area contributed by atoms with Gasteiger partial charge in [-0.2, -0.15) is 0 Å². The molecule has 0 unspecified atom stereocenters. The van der Waals surface area contributed by atoms with Crippen LogP contribution in [0.2, 0.25) is 19.6 Å². The summed E-state index contributed by atoms with van der Waals surface area (Å²) in [5.74, 6) is 1.66. The molecule has 0 spiro atoms. The zero-order valence-corrected chi connectivity index (χ0v) is 40.7. The van der Waals surface area contributed by atoms with Crippen molar-refractivity contribution in [1.29, 1.82) is 0 Å². The average Bonchev–Trinajstić information content (AvgIpc) is 3.69. The largest absolute Gasteiger partial charge is 0.477 e. The Morgan fingerprint density at radius 3 is 2.00 bits per heavy atom. The topological polar surface area (TPSA) is 38.9 Å². The first-order chi connectivity index (χ1) is 30.3. The van der Waals surface area contributed by atoms with Gasteiger partial charge in [-0.1, -0.05) is 192 Å². The normalized spacial score (nSPS) is 14.8. The summed E-state index contributed by atoms with van der Waals surface area (Å²) in [7, 11) is -1.36. The van der Waals surface area contributed by atoms with Gasteiger partial charge in [-0.15, -0.1) is 47.5 Å². The fraction of sp³-hybridized carbons (Fsp3) is 0.310. The van der Waals surface area contributed by atoms with E-state index in [9.17, 15) is 0 Å². The van der Waals surface area contributed by atoms with Gasteiger partial charge in [0.25, 0.3) is 0 Å². The molecular weight excluding hydrogens is 961 g/mol. The summed E-state index contributed by atoms with van der Waals surface area (Å²) in [6.45, 7) is 7.30. The first kappa shape index (κ1) is 44.7. The maximum atomic E-state index is 6.35. The Hall–Kier alpha value is -4.93. The Labute approximate surface area is 390 Å². The molecule has 2 saturated carbocycles. The van der Waals surface area contributed by atoms with E-state index in [1.54, 1.807) is 10.8 Å². The van der Waals surface area contributed by atoms with Crippen LogP contribution in [-0.4, -0.2) is 18.0 Å². The van der Waals surface area contributed by atoms with Crippen LogP contribution in [0, 0.1) is 24.0 Å². The summed E-state index contributed by atoms with van der Waals surface area (Å²) in [6, 6.07) is 52.0. The number of furan rings is 1. The van der Waals surface area contributed by atoms with Crippen LogP contribution in [0.15, 0.2) is 144 Å². The van der Waals surface area contributed by atoms with Crippen molar-refractivity contribution in [1.82, 2.24) is 9.97 Å². The van der Waals surface area contributed by atoms with Gasteiger partial charge >= 0.3 is 0 Å². The second kappa shape index (κ2) is 20.7. The third-order valence-corrected chi connectivity index (χ3v) is 15.3. The SMILES string of the molecule is C[Si](C)(C)c1cnc(-c2[c-]cccc2)cc1CC1CCCCC1.[Ir].[c-]1c(-c2cc(CC3CCCCC3)ccn2)cc(-c2ccc(Cc3ccccc3)cc2)c2c1oc1ccccc12. The smallest absolute Gasteiger partial charge is 0.123 e. The summed E-state index contributed by atoms with van der Waals surface area (Å²) in [5.41, 5.74) is 13.7. The summed E-state index contributed by atoms with van der Waals surface area (Å²) in [5, 5.41) is 3.78. The van der Waals surface area contributed by atoms with Gasteiger partial charge in [-0.05, 0) is 87.3 Å². The van der Waals surface area contributed by atoms with Crippen molar-refractivity contribution in [3.8, 4) is 33.6 Å². The zero-order chi connectivity index (χ0) is 42.3. The van der Waals surface area contributed by atoms with Gasteiger partial charge in [0.1, 0.15) is 5.58 Å². The third-order valence-electron chi connectivity index (χ3n) is 13.3. The monoisotopic (exact) mass is 1020 g/mol. The van der Waals surface area contributed by atoms with E-state index in [0.29, 0.717) is 0 Å². The van der Waals surface area contributed by atoms with E-state index in [4.69, 9.17) is 14.4 Å². The molecule has 323 valence electrons. The molecule has 0 atom stereocenters. The molecular formula is C58H60IrN2OSi-2. The average molecular weight is 1020 g/mol. The first-order valence-electron chi connectivity index (χ1n) is 23.3. The van der Waals surface area contributed by atoms with Crippen molar-refractivity contribution < 1.29 is 24.5 Å². The zero-order valence-electron chi connectivity index (χ0n) is 37.3. The molecule has 5 aromatic carbocycles. The van der Waals surface area contributed by atoms with Crippen molar-refractivity contribution in [2.24, 2.45) is 11.8 Å².